The summed E-state index contributed by atoms with van der Waals surface area (Å²) in [5.74, 6) is -1.16. The number of carbonyl (C=O) groups is 1. The fourth-order valence-corrected chi connectivity index (χ4v) is 1.11. The van der Waals surface area contributed by atoms with E-state index in [1.807, 2.05) is 0 Å². The third-order valence-corrected chi connectivity index (χ3v) is 2.44. The number of rotatable bonds is 5. The first-order valence-corrected chi connectivity index (χ1v) is 6.64. The molecule has 18 heavy (non-hydrogen) atoms. The summed E-state index contributed by atoms with van der Waals surface area (Å²) in [6, 6.07) is 0. The van der Waals surface area contributed by atoms with Crippen molar-refractivity contribution in [1.29, 1.82) is 0 Å². The number of thiol groups is 3. The van der Waals surface area contributed by atoms with Gasteiger partial charge in [-0.1, -0.05) is 0 Å². The number of amides is 1. The minimum atomic E-state index is -4.77. The molecule has 1 amide bonds. The quantitative estimate of drug-likeness (QED) is 0.408. The number of aliphatic hydroxyl groups is 2. The largest absolute Gasteiger partial charge is 0.471 e. The molecule has 0 spiro atoms. The highest BCUT2D eigenvalue weighted by Crippen LogP contribution is 2.13. The lowest BCUT2D eigenvalue weighted by Crippen LogP contribution is -2.37. The van der Waals surface area contributed by atoms with Gasteiger partial charge in [-0.15, -0.1) is 0 Å². The average Bonchev–Trinajstić information content (AvgIpc) is 2.33. The number of halogens is 3. The summed E-state index contributed by atoms with van der Waals surface area (Å²) in [5.41, 5.74) is 0. The second kappa shape index (κ2) is 11.1. The van der Waals surface area contributed by atoms with E-state index in [1.54, 1.807) is 5.32 Å². The molecule has 0 aliphatic carbocycles. The maximum atomic E-state index is 11.3. The predicted octanol–water partition coefficient (Wildman–Crippen LogP) is 0.163. The summed E-state index contributed by atoms with van der Waals surface area (Å²) in [6.45, 7) is -0.0680. The molecule has 110 valence electrons. The zero-order valence-corrected chi connectivity index (χ0v) is 11.9. The third-order valence-electron chi connectivity index (χ3n) is 1.47. The maximum absolute atomic E-state index is 11.3. The monoisotopic (exact) mass is 327 g/mol. The van der Waals surface area contributed by atoms with Crippen molar-refractivity contribution in [2.75, 3.05) is 23.8 Å². The molecule has 3 N–H and O–H groups in total. The second-order valence-electron chi connectivity index (χ2n) is 2.98. The highest BCUT2D eigenvalue weighted by atomic mass is 32.1. The molecule has 0 saturated heterocycles. The number of carbonyl (C=O) groups excluding carboxylic acids is 1. The lowest BCUT2D eigenvalue weighted by Gasteiger charge is -2.11. The smallest absolute Gasteiger partial charge is 0.390 e. The van der Waals surface area contributed by atoms with Crippen LogP contribution < -0.4 is 5.32 Å². The van der Waals surface area contributed by atoms with Gasteiger partial charge >= 0.3 is 12.1 Å². The first kappa shape index (κ1) is 20.5. The Morgan fingerprint density at radius 3 is 1.72 bits per heavy atom. The van der Waals surface area contributed by atoms with Crippen LogP contribution in [0, 0.1) is 0 Å². The maximum Gasteiger partial charge on any atom is 0.471 e. The molecule has 0 aliphatic rings. The van der Waals surface area contributed by atoms with Crippen LogP contribution in [-0.2, 0) is 4.79 Å². The normalized spacial score (nSPS) is 14.2. The molecule has 0 aromatic rings. The Bertz CT molecular complexity index is 223. The lowest BCUT2D eigenvalue weighted by atomic mass is 10.3. The van der Waals surface area contributed by atoms with Crippen molar-refractivity contribution >= 4 is 43.8 Å². The topological polar surface area (TPSA) is 69.6 Å². The van der Waals surface area contributed by atoms with E-state index in [0.717, 1.165) is 0 Å². The Hall–Kier alpha value is 0.230. The number of aliphatic hydroxyl groups excluding tert-OH is 2. The van der Waals surface area contributed by atoms with Gasteiger partial charge in [-0.05, 0) is 0 Å². The van der Waals surface area contributed by atoms with E-state index < -0.39 is 24.3 Å². The van der Waals surface area contributed by atoms with Gasteiger partial charge in [0, 0.05) is 23.8 Å². The van der Waals surface area contributed by atoms with Crippen LogP contribution in [0.2, 0.25) is 0 Å². The number of nitrogens with one attached hydrogen (secondary N) is 1. The molecule has 2 atom stereocenters. The van der Waals surface area contributed by atoms with Crippen LogP contribution in [0.3, 0.4) is 0 Å². The van der Waals surface area contributed by atoms with Crippen molar-refractivity contribution in [3.8, 4) is 0 Å². The van der Waals surface area contributed by atoms with E-state index in [2.05, 4.69) is 37.9 Å². The molecule has 0 aromatic heterocycles. The van der Waals surface area contributed by atoms with E-state index >= 15 is 0 Å². The average molecular weight is 327 g/mol. The minimum absolute atomic E-state index is 0.0680. The zero-order valence-electron chi connectivity index (χ0n) is 9.26. The Morgan fingerprint density at radius 2 is 1.50 bits per heavy atom. The first-order valence-electron chi connectivity index (χ1n) is 4.74. The summed E-state index contributed by atoms with van der Waals surface area (Å²) in [7, 11) is 0. The van der Waals surface area contributed by atoms with Crippen LogP contribution in [0.1, 0.15) is 0 Å². The molecule has 0 fully saturated rings. The fraction of sp³-hybridized carbons (Fsp3) is 0.875. The van der Waals surface area contributed by atoms with Crippen LogP contribution in [0.5, 0.6) is 0 Å². The van der Waals surface area contributed by atoms with Crippen LogP contribution in [0.15, 0.2) is 0 Å². The number of hydrogen-bond acceptors (Lipinski definition) is 6. The van der Waals surface area contributed by atoms with Crippen LogP contribution >= 0.6 is 37.9 Å². The molecule has 0 rings (SSSR count). The molecule has 0 aliphatic heterocycles. The molecule has 0 heterocycles. The van der Waals surface area contributed by atoms with E-state index in [9.17, 15) is 18.0 Å². The Morgan fingerprint density at radius 1 is 1.11 bits per heavy atom. The summed E-state index contributed by atoms with van der Waals surface area (Å²) >= 11 is 11.1. The fourth-order valence-electron chi connectivity index (χ4n) is 0.513. The Labute approximate surface area is 120 Å². The Kier molecular flexibility index (Phi) is 12.7. The molecule has 0 saturated carbocycles. The summed E-state index contributed by atoms with van der Waals surface area (Å²) < 4.78 is 34.0. The van der Waals surface area contributed by atoms with E-state index in [0.29, 0.717) is 0 Å². The standard InChI is InChI=1S/C4H6F3NOS.C4H10O2S2/c5-4(6,7)3(9)8-1-2-10;5-3(1-7)4(6)2-8/h10H,1-2H2,(H,8,9);3-8H,1-2H2. The molecule has 0 aromatic carbocycles. The second-order valence-corrected chi connectivity index (χ2v) is 4.15. The van der Waals surface area contributed by atoms with E-state index in [-0.39, 0.29) is 23.8 Å². The van der Waals surface area contributed by atoms with Gasteiger partial charge in [0.15, 0.2) is 0 Å². The van der Waals surface area contributed by atoms with Gasteiger partial charge in [0.2, 0.25) is 0 Å². The molecule has 2 unspecified atom stereocenters. The van der Waals surface area contributed by atoms with Crippen molar-refractivity contribution in [1.82, 2.24) is 5.32 Å². The van der Waals surface area contributed by atoms with Gasteiger partial charge in [-0.2, -0.15) is 51.1 Å². The van der Waals surface area contributed by atoms with Gasteiger partial charge < -0.3 is 15.5 Å². The zero-order chi connectivity index (χ0) is 14.8. The highest BCUT2D eigenvalue weighted by molar-refractivity contribution is 7.80. The van der Waals surface area contributed by atoms with Crippen molar-refractivity contribution in [3.63, 3.8) is 0 Å². The van der Waals surface area contributed by atoms with Gasteiger partial charge in [0.25, 0.3) is 0 Å². The van der Waals surface area contributed by atoms with E-state index in [1.165, 1.54) is 0 Å². The van der Waals surface area contributed by atoms with Crippen molar-refractivity contribution in [2.24, 2.45) is 0 Å². The number of hydrogen-bond donors (Lipinski definition) is 6. The molecular formula is C8H16F3NO3S3. The summed E-state index contributed by atoms with van der Waals surface area (Å²) in [6.07, 6.45) is -6.25. The van der Waals surface area contributed by atoms with Gasteiger partial charge in [0.05, 0.1) is 12.2 Å². The third kappa shape index (κ3) is 11.3. The minimum Gasteiger partial charge on any atom is -0.390 e. The first-order chi connectivity index (χ1) is 8.20. The molecule has 10 heteroatoms. The molecule has 4 nitrogen and oxygen atoms in total. The van der Waals surface area contributed by atoms with Gasteiger partial charge in [-0.3, -0.25) is 4.79 Å². The SMILES string of the molecule is O=C(NCCS)C(F)(F)F.OC(CS)C(O)CS. The van der Waals surface area contributed by atoms with Gasteiger partial charge in [-0.25, -0.2) is 0 Å². The highest BCUT2D eigenvalue weighted by Gasteiger charge is 2.37. The molecule has 0 radical (unpaired) electrons. The lowest BCUT2D eigenvalue weighted by molar-refractivity contribution is -0.173. The molecular weight excluding hydrogens is 311 g/mol. The summed E-state index contributed by atoms with van der Waals surface area (Å²) in [5, 5.41) is 19.1. The van der Waals surface area contributed by atoms with Crippen molar-refractivity contribution in [2.45, 2.75) is 18.4 Å². The van der Waals surface area contributed by atoms with Crippen molar-refractivity contribution in [3.05, 3.63) is 0 Å². The number of alkyl halides is 3. The van der Waals surface area contributed by atoms with Crippen molar-refractivity contribution < 1.29 is 28.2 Å². The predicted molar refractivity (Wildman–Crippen MR) is 72.6 cm³/mol. The van der Waals surface area contributed by atoms with Gasteiger partial charge in [0.1, 0.15) is 0 Å². The van der Waals surface area contributed by atoms with E-state index in [4.69, 9.17) is 10.2 Å². The Balaban J connectivity index is 0. The van der Waals surface area contributed by atoms with Crippen LogP contribution in [-0.4, -0.2) is 58.3 Å². The molecule has 0 bridgehead atoms. The van der Waals surface area contributed by atoms with Crippen LogP contribution in [0.4, 0.5) is 13.2 Å². The summed E-state index contributed by atoms with van der Waals surface area (Å²) in [4.78, 5) is 9.95. The van der Waals surface area contributed by atoms with Crippen LogP contribution in [0.25, 0.3) is 0 Å².